The maximum Gasteiger partial charge on any atom is 0.230 e. The van der Waals surface area contributed by atoms with Gasteiger partial charge in [-0.15, -0.1) is 0 Å². The standard InChI is InChI=1S/C21H22N4O2S/c1-15-5-3-4-6-19(15)25-12-11-22-21(25)28-14-20(27)23-13-17-7-9-18(10-8-17)24-16(2)26/h3-12H,13-14H2,1-2H3,(H,23,27)(H,24,26). The zero-order valence-corrected chi connectivity index (χ0v) is 16.6. The van der Waals surface area contributed by atoms with Crippen molar-refractivity contribution in [2.75, 3.05) is 11.1 Å². The fourth-order valence-electron chi connectivity index (χ4n) is 2.70. The van der Waals surface area contributed by atoms with Crippen molar-refractivity contribution in [1.29, 1.82) is 0 Å². The normalized spacial score (nSPS) is 10.5. The van der Waals surface area contributed by atoms with E-state index >= 15 is 0 Å². The van der Waals surface area contributed by atoms with Gasteiger partial charge in [0.1, 0.15) is 0 Å². The SMILES string of the molecule is CC(=O)Nc1ccc(CNC(=O)CSc2nccn2-c2ccccc2C)cc1. The number of aromatic nitrogens is 2. The van der Waals surface area contributed by atoms with Crippen LogP contribution in [0.2, 0.25) is 0 Å². The monoisotopic (exact) mass is 394 g/mol. The van der Waals surface area contributed by atoms with E-state index in [1.165, 1.54) is 18.7 Å². The number of carbonyl (C=O) groups is 2. The van der Waals surface area contributed by atoms with Crippen LogP contribution in [0.15, 0.2) is 66.1 Å². The highest BCUT2D eigenvalue weighted by Gasteiger charge is 2.10. The fourth-order valence-corrected chi connectivity index (χ4v) is 3.50. The third-order valence-corrected chi connectivity index (χ3v) is 5.04. The Kier molecular flexibility index (Phi) is 6.49. The molecule has 0 aliphatic heterocycles. The number of anilines is 1. The van der Waals surface area contributed by atoms with Crippen LogP contribution in [0, 0.1) is 6.92 Å². The quantitative estimate of drug-likeness (QED) is 0.601. The summed E-state index contributed by atoms with van der Waals surface area (Å²) in [6.45, 7) is 3.95. The zero-order valence-electron chi connectivity index (χ0n) is 15.8. The van der Waals surface area contributed by atoms with Crippen molar-refractivity contribution in [3.63, 3.8) is 0 Å². The van der Waals surface area contributed by atoms with Crippen LogP contribution < -0.4 is 10.6 Å². The van der Waals surface area contributed by atoms with Gasteiger partial charge in [-0.05, 0) is 36.2 Å². The van der Waals surface area contributed by atoms with Crippen LogP contribution in [0.5, 0.6) is 0 Å². The molecule has 1 aromatic heterocycles. The van der Waals surface area contributed by atoms with Gasteiger partial charge in [0.05, 0.1) is 11.4 Å². The maximum atomic E-state index is 12.2. The number of hydrogen-bond acceptors (Lipinski definition) is 4. The molecule has 2 amide bonds. The molecule has 0 fully saturated rings. The lowest BCUT2D eigenvalue weighted by Gasteiger charge is -2.10. The van der Waals surface area contributed by atoms with E-state index in [1.54, 1.807) is 6.20 Å². The molecule has 3 rings (SSSR count). The number of para-hydroxylation sites is 1. The van der Waals surface area contributed by atoms with Crippen LogP contribution >= 0.6 is 11.8 Å². The van der Waals surface area contributed by atoms with Gasteiger partial charge < -0.3 is 10.6 Å². The molecule has 0 atom stereocenters. The number of thioether (sulfide) groups is 1. The van der Waals surface area contributed by atoms with Gasteiger partial charge in [-0.2, -0.15) is 0 Å². The fraction of sp³-hybridized carbons (Fsp3) is 0.190. The molecular weight excluding hydrogens is 372 g/mol. The molecule has 2 N–H and O–H groups in total. The molecule has 0 saturated carbocycles. The average Bonchev–Trinajstić information content (AvgIpc) is 3.14. The molecular formula is C21H22N4O2S. The number of amides is 2. The van der Waals surface area contributed by atoms with Crippen molar-refractivity contribution in [3.05, 3.63) is 72.1 Å². The first-order valence-corrected chi connectivity index (χ1v) is 9.87. The summed E-state index contributed by atoms with van der Waals surface area (Å²) in [4.78, 5) is 27.6. The molecule has 0 radical (unpaired) electrons. The lowest BCUT2D eigenvalue weighted by molar-refractivity contribution is -0.118. The predicted octanol–water partition coefficient (Wildman–Crippen LogP) is 3.55. The summed E-state index contributed by atoms with van der Waals surface area (Å²) < 4.78 is 1.99. The molecule has 3 aromatic rings. The number of nitrogens with one attached hydrogen (secondary N) is 2. The van der Waals surface area contributed by atoms with Crippen molar-refractivity contribution in [3.8, 4) is 5.69 Å². The molecule has 0 unspecified atom stereocenters. The van der Waals surface area contributed by atoms with Crippen LogP contribution in [0.25, 0.3) is 5.69 Å². The Morgan fingerprint density at radius 2 is 1.86 bits per heavy atom. The lowest BCUT2D eigenvalue weighted by atomic mass is 10.2. The highest BCUT2D eigenvalue weighted by atomic mass is 32.2. The van der Waals surface area contributed by atoms with Crippen LogP contribution in [0.4, 0.5) is 5.69 Å². The Morgan fingerprint density at radius 3 is 2.57 bits per heavy atom. The van der Waals surface area contributed by atoms with Crippen molar-refractivity contribution < 1.29 is 9.59 Å². The topological polar surface area (TPSA) is 76.0 Å². The molecule has 0 aliphatic carbocycles. The minimum Gasteiger partial charge on any atom is -0.351 e. The Bertz CT molecular complexity index is 967. The first kappa shape index (κ1) is 19.7. The molecule has 144 valence electrons. The smallest absolute Gasteiger partial charge is 0.230 e. The van der Waals surface area contributed by atoms with Gasteiger partial charge in [0.2, 0.25) is 11.8 Å². The Hall–Kier alpha value is -3.06. The highest BCUT2D eigenvalue weighted by Crippen LogP contribution is 2.22. The van der Waals surface area contributed by atoms with Gasteiger partial charge in [-0.1, -0.05) is 42.1 Å². The number of benzene rings is 2. The molecule has 0 spiro atoms. The van der Waals surface area contributed by atoms with E-state index in [0.29, 0.717) is 6.54 Å². The second-order valence-corrected chi connectivity index (χ2v) is 7.25. The molecule has 28 heavy (non-hydrogen) atoms. The van der Waals surface area contributed by atoms with E-state index in [1.807, 2.05) is 66.2 Å². The van der Waals surface area contributed by atoms with E-state index in [-0.39, 0.29) is 17.6 Å². The molecule has 0 aliphatic rings. The van der Waals surface area contributed by atoms with Crippen molar-refractivity contribution in [2.45, 2.75) is 25.5 Å². The van der Waals surface area contributed by atoms with Crippen molar-refractivity contribution in [1.82, 2.24) is 14.9 Å². The first-order chi connectivity index (χ1) is 13.5. The minimum absolute atomic E-state index is 0.0599. The summed E-state index contributed by atoms with van der Waals surface area (Å²) in [6, 6.07) is 15.5. The predicted molar refractivity (Wildman–Crippen MR) is 112 cm³/mol. The zero-order chi connectivity index (χ0) is 19.9. The Balaban J connectivity index is 1.52. The van der Waals surface area contributed by atoms with Gasteiger partial charge in [0, 0.05) is 31.5 Å². The molecule has 2 aromatic carbocycles. The molecule has 0 bridgehead atoms. The number of nitrogens with zero attached hydrogens (tertiary/aromatic N) is 2. The number of imidazole rings is 1. The molecule has 0 saturated heterocycles. The largest absolute Gasteiger partial charge is 0.351 e. The third-order valence-electron chi connectivity index (χ3n) is 4.08. The van der Waals surface area contributed by atoms with E-state index in [4.69, 9.17) is 0 Å². The summed E-state index contributed by atoms with van der Waals surface area (Å²) in [5.41, 5.74) is 3.91. The van der Waals surface area contributed by atoms with Gasteiger partial charge in [-0.3, -0.25) is 14.2 Å². The number of rotatable bonds is 7. The summed E-state index contributed by atoms with van der Waals surface area (Å²) in [6.07, 6.45) is 3.64. The van der Waals surface area contributed by atoms with Gasteiger partial charge in [0.25, 0.3) is 0 Å². The van der Waals surface area contributed by atoms with Crippen molar-refractivity contribution >= 4 is 29.3 Å². The van der Waals surface area contributed by atoms with Gasteiger partial charge >= 0.3 is 0 Å². The van der Waals surface area contributed by atoms with Crippen LogP contribution in [0.3, 0.4) is 0 Å². The third kappa shape index (κ3) is 5.23. The van der Waals surface area contributed by atoms with Crippen LogP contribution in [-0.4, -0.2) is 27.1 Å². The Morgan fingerprint density at radius 1 is 1.11 bits per heavy atom. The van der Waals surface area contributed by atoms with E-state index < -0.39 is 0 Å². The second kappa shape index (κ2) is 9.23. The van der Waals surface area contributed by atoms with Crippen LogP contribution in [0.1, 0.15) is 18.1 Å². The lowest BCUT2D eigenvalue weighted by Crippen LogP contribution is -2.24. The summed E-state index contributed by atoms with van der Waals surface area (Å²) in [5, 5.41) is 6.41. The second-order valence-electron chi connectivity index (χ2n) is 6.31. The van der Waals surface area contributed by atoms with E-state index in [2.05, 4.69) is 15.6 Å². The number of carbonyl (C=O) groups excluding carboxylic acids is 2. The molecule has 7 heteroatoms. The van der Waals surface area contributed by atoms with E-state index in [0.717, 1.165) is 27.7 Å². The van der Waals surface area contributed by atoms with Crippen LogP contribution in [-0.2, 0) is 16.1 Å². The molecule has 6 nitrogen and oxygen atoms in total. The highest BCUT2D eigenvalue weighted by molar-refractivity contribution is 7.99. The van der Waals surface area contributed by atoms with Gasteiger partial charge in [0.15, 0.2) is 5.16 Å². The number of aryl methyl sites for hydroxylation is 1. The summed E-state index contributed by atoms with van der Waals surface area (Å²) in [7, 11) is 0. The van der Waals surface area contributed by atoms with E-state index in [9.17, 15) is 9.59 Å². The first-order valence-electron chi connectivity index (χ1n) is 8.88. The average molecular weight is 395 g/mol. The minimum atomic E-state index is -0.109. The maximum absolute atomic E-state index is 12.2. The van der Waals surface area contributed by atoms with Gasteiger partial charge in [-0.25, -0.2) is 4.98 Å². The summed E-state index contributed by atoms with van der Waals surface area (Å²) in [5.74, 6) is 0.116. The number of hydrogen-bond donors (Lipinski definition) is 2. The molecule has 1 heterocycles. The van der Waals surface area contributed by atoms with Crippen molar-refractivity contribution in [2.24, 2.45) is 0 Å². The Labute approximate surface area is 168 Å². The summed E-state index contributed by atoms with van der Waals surface area (Å²) >= 11 is 1.40.